The van der Waals surface area contributed by atoms with Crippen molar-refractivity contribution in [2.45, 2.75) is 13.5 Å². The van der Waals surface area contributed by atoms with Crippen LogP contribution in [0.15, 0.2) is 47.5 Å². The Kier molecular flexibility index (Phi) is 11.5. The number of methoxy groups -OCH3 is 2. The van der Waals surface area contributed by atoms with Crippen LogP contribution >= 0.6 is 24.0 Å². The number of rotatable bonds is 9. The molecule has 0 bridgehead atoms. The lowest BCUT2D eigenvalue weighted by atomic mass is 10.2. The predicted octanol–water partition coefficient (Wildman–Crippen LogP) is 3.37. The molecule has 0 atom stereocenters. The molecule has 170 valence electrons. The summed E-state index contributed by atoms with van der Waals surface area (Å²) in [6, 6.07) is 13.2. The Morgan fingerprint density at radius 2 is 1.74 bits per heavy atom. The predicted molar refractivity (Wildman–Crippen MR) is 134 cm³/mol. The molecule has 2 aromatic carbocycles. The van der Waals surface area contributed by atoms with Gasteiger partial charge in [-0.15, -0.1) is 24.0 Å². The fraction of sp³-hybridized carbons (Fsp3) is 0.364. The van der Waals surface area contributed by atoms with Gasteiger partial charge in [-0.05, 0) is 36.8 Å². The Bertz CT molecular complexity index is 857. The number of nitrogens with zero attached hydrogens (tertiary/aromatic N) is 2. The number of halogens is 1. The van der Waals surface area contributed by atoms with Gasteiger partial charge in [-0.2, -0.15) is 0 Å². The lowest BCUT2D eigenvalue weighted by molar-refractivity contribution is -0.127. The second kappa shape index (κ2) is 13.6. The lowest BCUT2D eigenvalue weighted by Gasteiger charge is -2.16. The summed E-state index contributed by atoms with van der Waals surface area (Å²) in [6.07, 6.45) is 0. The van der Waals surface area contributed by atoms with E-state index in [0.717, 1.165) is 17.0 Å². The summed E-state index contributed by atoms with van der Waals surface area (Å²) in [6.45, 7) is 3.02. The summed E-state index contributed by atoms with van der Waals surface area (Å²) in [5.74, 6) is 2.49. The number of nitrogens with one attached hydrogen (secondary N) is 2. The number of hydrogen-bond donors (Lipinski definition) is 2. The Labute approximate surface area is 201 Å². The first-order chi connectivity index (χ1) is 14.5. The van der Waals surface area contributed by atoms with Gasteiger partial charge in [0, 0.05) is 25.8 Å². The van der Waals surface area contributed by atoms with Crippen LogP contribution in [0.4, 0.5) is 5.69 Å². The summed E-state index contributed by atoms with van der Waals surface area (Å²) < 4.78 is 16.1. The van der Waals surface area contributed by atoms with Crippen LogP contribution < -0.4 is 24.8 Å². The first-order valence-corrected chi connectivity index (χ1v) is 9.66. The van der Waals surface area contributed by atoms with E-state index in [9.17, 15) is 4.79 Å². The van der Waals surface area contributed by atoms with E-state index in [1.807, 2.05) is 49.4 Å². The van der Waals surface area contributed by atoms with Crippen LogP contribution in [-0.2, 0) is 11.3 Å². The van der Waals surface area contributed by atoms with Crippen molar-refractivity contribution in [1.82, 2.24) is 10.2 Å². The van der Waals surface area contributed by atoms with Gasteiger partial charge >= 0.3 is 0 Å². The number of hydrogen-bond acceptors (Lipinski definition) is 5. The van der Waals surface area contributed by atoms with Crippen molar-refractivity contribution < 1.29 is 19.0 Å². The number of ether oxygens (including phenoxy) is 3. The number of likely N-dealkylation sites (N-methyl/N-ethyl adjacent to an activating group) is 1. The zero-order valence-electron chi connectivity index (χ0n) is 18.6. The Hall–Kier alpha value is -2.69. The minimum Gasteiger partial charge on any atom is -0.497 e. The summed E-state index contributed by atoms with van der Waals surface area (Å²) in [5.41, 5.74) is 1.77. The van der Waals surface area contributed by atoms with Gasteiger partial charge in [-0.1, -0.05) is 12.1 Å². The summed E-state index contributed by atoms with van der Waals surface area (Å²) in [7, 11) is 6.64. The smallest absolute Gasteiger partial charge is 0.241 e. The second-order valence-electron chi connectivity index (χ2n) is 6.58. The van der Waals surface area contributed by atoms with Gasteiger partial charge in [0.2, 0.25) is 5.91 Å². The van der Waals surface area contributed by atoms with E-state index in [-0.39, 0.29) is 36.4 Å². The molecule has 0 aliphatic carbocycles. The van der Waals surface area contributed by atoms with E-state index in [1.54, 1.807) is 28.3 Å². The molecule has 0 heterocycles. The highest BCUT2D eigenvalue weighted by Crippen LogP contribution is 2.30. The van der Waals surface area contributed by atoms with Crippen molar-refractivity contribution in [1.29, 1.82) is 0 Å². The second-order valence-corrected chi connectivity index (χ2v) is 6.58. The van der Waals surface area contributed by atoms with E-state index in [1.165, 1.54) is 4.90 Å². The van der Waals surface area contributed by atoms with Crippen LogP contribution in [0, 0.1) is 0 Å². The number of carbonyl (C=O) groups excluding carboxylic acids is 1. The minimum absolute atomic E-state index is 0. The van der Waals surface area contributed by atoms with E-state index < -0.39 is 0 Å². The quantitative estimate of drug-likeness (QED) is 0.287. The third-order valence-corrected chi connectivity index (χ3v) is 4.21. The third kappa shape index (κ3) is 8.52. The first kappa shape index (κ1) is 26.3. The van der Waals surface area contributed by atoms with Gasteiger partial charge in [0.25, 0.3) is 0 Å². The molecular formula is C22H31IN4O4. The molecule has 0 aliphatic rings. The first-order valence-electron chi connectivity index (χ1n) is 9.66. The van der Waals surface area contributed by atoms with Gasteiger partial charge in [0.05, 0.1) is 33.9 Å². The summed E-state index contributed by atoms with van der Waals surface area (Å²) in [5, 5.41) is 6.29. The molecule has 1 amide bonds. The number of carbonyl (C=O) groups is 1. The molecule has 9 heteroatoms. The number of anilines is 1. The lowest BCUT2D eigenvalue weighted by Crippen LogP contribution is -2.39. The van der Waals surface area contributed by atoms with Crippen molar-refractivity contribution in [2.24, 2.45) is 4.99 Å². The maximum absolute atomic E-state index is 12.0. The van der Waals surface area contributed by atoms with Crippen molar-refractivity contribution in [3.8, 4) is 17.2 Å². The maximum atomic E-state index is 12.0. The normalized spacial score (nSPS) is 10.5. The molecule has 8 nitrogen and oxygen atoms in total. The molecule has 0 spiro atoms. The van der Waals surface area contributed by atoms with Crippen LogP contribution in [-0.4, -0.2) is 58.2 Å². The van der Waals surface area contributed by atoms with Gasteiger partial charge < -0.3 is 29.7 Å². The maximum Gasteiger partial charge on any atom is 0.241 e. The standard InChI is InChI=1S/C22H30N4O4.HI/c1-6-30-19-12-9-17(13-20(19)29-5)25-22(24-15-21(27)26(2)3)23-14-16-7-10-18(28-4)11-8-16;/h7-13H,6,14-15H2,1-5H3,(H2,23,24,25);1H. The Balaban J connectivity index is 0.00000480. The van der Waals surface area contributed by atoms with E-state index in [0.29, 0.717) is 30.6 Å². The molecule has 0 radical (unpaired) electrons. The van der Waals surface area contributed by atoms with Crippen molar-refractivity contribution in [2.75, 3.05) is 46.8 Å². The molecule has 0 saturated carbocycles. The number of aliphatic imine (C=N–C) groups is 1. The molecule has 0 unspecified atom stereocenters. The summed E-state index contributed by atoms with van der Waals surface area (Å²) in [4.78, 5) is 18.1. The molecular weight excluding hydrogens is 511 g/mol. The minimum atomic E-state index is -0.0572. The highest BCUT2D eigenvalue weighted by molar-refractivity contribution is 14.0. The zero-order chi connectivity index (χ0) is 21.9. The average Bonchev–Trinajstić information content (AvgIpc) is 2.76. The molecule has 2 rings (SSSR count). The highest BCUT2D eigenvalue weighted by atomic mass is 127. The Morgan fingerprint density at radius 3 is 2.32 bits per heavy atom. The number of guanidine groups is 1. The number of amides is 1. The van der Waals surface area contributed by atoms with E-state index >= 15 is 0 Å². The fourth-order valence-electron chi connectivity index (χ4n) is 2.52. The Morgan fingerprint density at radius 1 is 1.03 bits per heavy atom. The van der Waals surface area contributed by atoms with E-state index in [4.69, 9.17) is 14.2 Å². The van der Waals surface area contributed by atoms with Crippen molar-refractivity contribution in [3.05, 3.63) is 48.0 Å². The molecule has 31 heavy (non-hydrogen) atoms. The molecule has 0 fully saturated rings. The van der Waals surface area contributed by atoms with Gasteiger partial charge in [-0.25, -0.2) is 4.99 Å². The zero-order valence-corrected chi connectivity index (χ0v) is 20.9. The molecule has 0 saturated heterocycles. The molecule has 0 aliphatic heterocycles. The van der Waals surface area contributed by atoms with Crippen LogP contribution in [0.3, 0.4) is 0 Å². The fourth-order valence-corrected chi connectivity index (χ4v) is 2.52. The molecule has 2 N–H and O–H groups in total. The van der Waals surface area contributed by atoms with Crippen molar-refractivity contribution >= 4 is 41.5 Å². The van der Waals surface area contributed by atoms with Crippen molar-refractivity contribution in [3.63, 3.8) is 0 Å². The van der Waals surface area contributed by atoms with Crippen LogP contribution in [0.25, 0.3) is 0 Å². The highest BCUT2D eigenvalue weighted by Gasteiger charge is 2.09. The van der Waals surface area contributed by atoms with Crippen LogP contribution in [0.5, 0.6) is 17.2 Å². The van der Waals surface area contributed by atoms with Crippen LogP contribution in [0.2, 0.25) is 0 Å². The largest absolute Gasteiger partial charge is 0.497 e. The van der Waals surface area contributed by atoms with E-state index in [2.05, 4.69) is 15.6 Å². The monoisotopic (exact) mass is 542 g/mol. The van der Waals surface area contributed by atoms with Gasteiger partial charge in [0.15, 0.2) is 17.5 Å². The van der Waals surface area contributed by atoms with Crippen LogP contribution in [0.1, 0.15) is 12.5 Å². The number of benzene rings is 2. The topological polar surface area (TPSA) is 84.4 Å². The summed E-state index contributed by atoms with van der Waals surface area (Å²) >= 11 is 0. The molecule has 0 aromatic heterocycles. The van der Waals surface area contributed by atoms with Gasteiger partial charge in [0.1, 0.15) is 5.75 Å². The molecule has 2 aromatic rings. The van der Waals surface area contributed by atoms with Gasteiger partial charge in [-0.3, -0.25) is 4.79 Å². The average molecular weight is 542 g/mol. The SMILES string of the molecule is CCOc1ccc(NC(=NCc2ccc(OC)cc2)NCC(=O)N(C)C)cc1OC.I. The third-order valence-electron chi connectivity index (χ3n) is 4.21.